The zero-order valence-electron chi connectivity index (χ0n) is 13.6. The van der Waals surface area contributed by atoms with Gasteiger partial charge in [-0.15, -0.1) is 0 Å². The lowest BCUT2D eigenvalue weighted by Crippen LogP contribution is -2.32. The first-order valence-corrected chi connectivity index (χ1v) is 8.06. The number of ether oxygens (including phenoxy) is 1. The minimum Gasteiger partial charge on any atom is -0.465 e. The average Bonchev–Trinajstić information content (AvgIpc) is 2.58. The number of pyridine rings is 1. The molecule has 122 valence electrons. The molecule has 1 fully saturated rings. The van der Waals surface area contributed by atoms with E-state index in [0.717, 1.165) is 29.9 Å². The van der Waals surface area contributed by atoms with Crippen LogP contribution in [0.1, 0.15) is 40.9 Å². The predicted octanol–water partition coefficient (Wildman–Crippen LogP) is 2.61. The summed E-state index contributed by atoms with van der Waals surface area (Å²) >= 11 is 0. The van der Waals surface area contributed by atoms with Crippen LogP contribution in [0.2, 0.25) is 0 Å². The zero-order valence-corrected chi connectivity index (χ0v) is 13.6. The average molecular weight is 314 g/mol. The largest absolute Gasteiger partial charge is 0.465 e. The third-order valence-corrected chi connectivity index (χ3v) is 4.56. The van der Waals surface area contributed by atoms with Crippen molar-refractivity contribution >= 4 is 16.9 Å². The summed E-state index contributed by atoms with van der Waals surface area (Å²) in [5.74, 6) is -0.426. The van der Waals surface area contributed by atoms with E-state index in [1.807, 2.05) is 6.92 Å². The number of rotatable bonds is 3. The fourth-order valence-corrected chi connectivity index (χ4v) is 3.23. The van der Waals surface area contributed by atoms with Gasteiger partial charge in [0.1, 0.15) is 0 Å². The van der Waals surface area contributed by atoms with Crippen molar-refractivity contribution in [3.63, 3.8) is 0 Å². The Bertz CT molecular complexity index is 789. The first kappa shape index (κ1) is 15.7. The van der Waals surface area contributed by atoms with Gasteiger partial charge in [-0.3, -0.25) is 9.69 Å². The van der Waals surface area contributed by atoms with Crippen LogP contribution in [0.3, 0.4) is 0 Å². The Hall–Kier alpha value is -2.14. The van der Waals surface area contributed by atoms with Crippen LogP contribution in [0.15, 0.2) is 23.0 Å². The Labute approximate surface area is 135 Å². The molecule has 0 aliphatic carbocycles. The van der Waals surface area contributed by atoms with Crippen molar-refractivity contribution in [2.24, 2.45) is 0 Å². The van der Waals surface area contributed by atoms with Gasteiger partial charge in [-0.05, 0) is 51.1 Å². The van der Waals surface area contributed by atoms with E-state index < -0.39 is 5.97 Å². The maximum atomic E-state index is 12.9. The van der Waals surface area contributed by atoms with E-state index >= 15 is 0 Å². The quantitative estimate of drug-likeness (QED) is 0.885. The molecule has 1 N–H and O–H groups in total. The summed E-state index contributed by atoms with van der Waals surface area (Å²) < 4.78 is 4.74. The van der Waals surface area contributed by atoms with Gasteiger partial charge >= 0.3 is 5.97 Å². The standard InChI is InChI=1S/C18H22N2O3/c1-12-15(11-20-8-4-3-5-9-20)17(21)14-10-13(18(22)23-2)6-7-16(14)19-12/h6-7,10H,3-5,8-9,11H2,1-2H3,(H,19,21). The Morgan fingerprint density at radius 3 is 2.70 bits per heavy atom. The number of piperidine rings is 1. The number of nitrogens with one attached hydrogen (secondary N) is 1. The molecule has 1 aliphatic rings. The molecule has 0 spiro atoms. The number of aromatic nitrogens is 1. The van der Waals surface area contributed by atoms with Crippen molar-refractivity contribution in [2.45, 2.75) is 32.7 Å². The van der Waals surface area contributed by atoms with Gasteiger partial charge in [-0.2, -0.15) is 0 Å². The second kappa shape index (κ2) is 6.54. The van der Waals surface area contributed by atoms with Crippen LogP contribution < -0.4 is 5.43 Å². The van der Waals surface area contributed by atoms with Crippen molar-refractivity contribution in [2.75, 3.05) is 20.2 Å². The summed E-state index contributed by atoms with van der Waals surface area (Å²) in [4.78, 5) is 30.2. The van der Waals surface area contributed by atoms with E-state index in [4.69, 9.17) is 4.74 Å². The molecular formula is C18H22N2O3. The molecule has 1 aromatic carbocycles. The molecular weight excluding hydrogens is 292 g/mol. The number of benzene rings is 1. The number of carbonyl (C=O) groups is 1. The minimum absolute atomic E-state index is 0.00702. The number of likely N-dealkylation sites (tertiary alicyclic amines) is 1. The SMILES string of the molecule is COC(=O)c1ccc2[nH]c(C)c(CN3CCCCC3)c(=O)c2c1. The number of methoxy groups -OCH3 is 1. The second-order valence-corrected chi connectivity index (χ2v) is 6.15. The van der Waals surface area contributed by atoms with Gasteiger partial charge in [0, 0.05) is 28.7 Å². The first-order valence-electron chi connectivity index (χ1n) is 8.06. The van der Waals surface area contributed by atoms with Crippen LogP contribution in [0, 0.1) is 6.92 Å². The summed E-state index contributed by atoms with van der Waals surface area (Å²) in [5.41, 5.74) is 2.86. The minimum atomic E-state index is -0.426. The highest BCUT2D eigenvalue weighted by Gasteiger charge is 2.16. The van der Waals surface area contributed by atoms with Gasteiger partial charge in [0.05, 0.1) is 12.7 Å². The van der Waals surface area contributed by atoms with E-state index in [1.54, 1.807) is 18.2 Å². The molecule has 0 radical (unpaired) electrons. The first-order chi connectivity index (χ1) is 11.1. The molecule has 1 saturated heterocycles. The lowest BCUT2D eigenvalue weighted by molar-refractivity contribution is 0.0601. The zero-order chi connectivity index (χ0) is 16.4. The van der Waals surface area contributed by atoms with E-state index in [1.165, 1.54) is 26.4 Å². The van der Waals surface area contributed by atoms with Gasteiger partial charge in [0.25, 0.3) is 0 Å². The molecule has 23 heavy (non-hydrogen) atoms. The molecule has 1 aromatic heterocycles. The van der Waals surface area contributed by atoms with Crippen LogP contribution in [0.5, 0.6) is 0 Å². The molecule has 0 amide bonds. The molecule has 5 nitrogen and oxygen atoms in total. The fourth-order valence-electron chi connectivity index (χ4n) is 3.23. The van der Waals surface area contributed by atoms with E-state index in [2.05, 4.69) is 9.88 Å². The van der Waals surface area contributed by atoms with Crippen LogP contribution in [0.25, 0.3) is 10.9 Å². The number of aromatic amines is 1. The monoisotopic (exact) mass is 314 g/mol. The van der Waals surface area contributed by atoms with Crippen molar-refractivity contribution in [3.8, 4) is 0 Å². The molecule has 3 rings (SSSR count). The van der Waals surface area contributed by atoms with Crippen LogP contribution in [0.4, 0.5) is 0 Å². The Kier molecular flexibility index (Phi) is 4.48. The molecule has 0 unspecified atom stereocenters. The smallest absolute Gasteiger partial charge is 0.337 e. The highest BCUT2D eigenvalue weighted by molar-refractivity contribution is 5.94. The number of hydrogen-bond acceptors (Lipinski definition) is 4. The summed E-state index contributed by atoms with van der Waals surface area (Å²) in [6.45, 7) is 4.69. The summed E-state index contributed by atoms with van der Waals surface area (Å²) in [7, 11) is 1.34. The third-order valence-electron chi connectivity index (χ3n) is 4.56. The molecule has 2 aromatic rings. The highest BCUT2D eigenvalue weighted by atomic mass is 16.5. The molecule has 0 saturated carbocycles. The summed E-state index contributed by atoms with van der Waals surface area (Å²) in [6.07, 6.45) is 3.65. The van der Waals surface area contributed by atoms with Crippen LogP contribution in [-0.2, 0) is 11.3 Å². The molecule has 2 heterocycles. The number of aryl methyl sites for hydroxylation is 1. The van der Waals surface area contributed by atoms with Crippen molar-refractivity contribution in [1.29, 1.82) is 0 Å². The van der Waals surface area contributed by atoms with Crippen molar-refractivity contribution in [1.82, 2.24) is 9.88 Å². The van der Waals surface area contributed by atoms with E-state index in [-0.39, 0.29) is 5.43 Å². The second-order valence-electron chi connectivity index (χ2n) is 6.15. The normalized spacial score (nSPS) is 15.7. The van der Waals surface area contributed by atoms with E-state index in [9.17, 15) is 9.59 Å². The highest BCUT2D eigenvalue weighted by Crippen LogP contribution is 2.17. The predicted molar refractivity (Wildman–Crippen MR) is 89.8 cm³/mol. The maximum Gasteiger partial charge on any atom is 0.337 e. The Morgan fingerprint density at radius 1 is 1.26 bits per heavy atom. The molecule has 0 bridgehead atoms. The van der Waals surface area contributed by atoms with Crippen LogP contribution >= 0.6 is 0 Å². The Balaban J connectivity index is 2.03. The fraction of sp³-hybridized carbons (Fsp3) is 0.444. The lowest BCUT2D eigenvalue weighted by Gasteiger charge is -2.26. The van der Waals surface area contributed by atoms with Gasteiger partial charge in [-0.25, -0.2) is 4.79 Å². The van der Waals surface area contributed by atoms with E-state index in [0.29, 0.717) is 17.5 Å². The van der Waals surface area contributed by atoms with Gasteiger partial charge in [0.2, 0.25) is 0 Å². The molecule has 1 aliphatic heterocycles. The van der Waals surface area contributed by atoms with Gasteiger partial charge in [0.15, 0.2) is 5.43 Å². The number of carbonyl (C=O) groups excluding carboxylic acids is 1. The van der Waals surface area contributed by atoms with Crippen molar-refractivity contribution in [3.05, 3.63) is 45.2 Å². The molecule has 0 atom stereocenters. The molecule has 5 heteroatoms. The number of esters is 1. The van der Waals surface area contributed by atoms with Crippen molar-refractivity contribution < 1.29 is 9.53 Å². The number of fused-ring (bicyclic) bond motifs is 1. The van der Waals surface area contributed by atoms with Crippen LogP contribution in [-0.4, -0.2) is 36.1 Å². The maximum absolute atomic E-state index is 12.9. The lowest BCUT2D eigenvalue weighted by atomic mass is 10.0. The Morgan fingerprint density at radius 2 is 2.00 bits per heavy atom. The van der Waals surface area contributed by atoms with Gasteiger partial charge in [-0.1, -0.05) is 6.42 Å². The van der Waals surface area contributed by atoms with Gasteiger partial charge < -0.3 is 9.72 Å². The number of H-pyrrole nitrogens is 1. The number of hydrogen-bond donors (Lipinski definition) is 1. The number of nitrogens with zero attached hydrogens (tertiary/aromatic N) is 1. The third kappa shape index (κ3) is 3.15. The summed E-state index contributed by atoms with van der Waals surface area (Å²) in [5, 5.41) is 0.547. The summed E-state index contributed by atoms with van der Waals surface area (Å²) in [6, 6.07) is 5.06. The topological polar surface area (TPSA) is 62.4 Å².